The fourth-order valence-electron chi connectivity index (χ4n) is 2.85. The summed E-state index contributed by atoms with van der Waals surface area (Å²) in [5, 5.41) is 6.41. The Balaban J connectivity index is 1.66. The Morgan fingerprint density at radius 1 is 1.32 bits per heavy atom. The number of sulfonamides is 1. The molecule has 0 saturated carbocycles. The Morgan fingerprint density at radius 2 is 2.00 bits per heavy atom. The summed E-state index contributed by atoms with van der Waals surface area (Å²) in [5.41, 5.74) is 0.737. The van der Waals surface area contributed by atoms with E-state index in [-0.39, 0.29) is 19.0 Å². The van der Waals surface area contributed by atoms with Crippen LogP contribution in [0.1, 0.15) is 18.7 Å². The number of piperazine rings is 1. The van der Waals surface area contributed by atoms with Gasteiger partial charge in [0.2, 0.25) is 5.91 Å². The fourth-order valence-corrected chi connectivity index (χ4v) is 5.54. The van der Waals surface area contributed by atoms with E-state index >= 15 is 0 Å². The number of nitrogens with zero attached hydrogens (tertiary/aromatic N) is 4. The van der Waals surface area contributed by atoms with Crippen molar-refractivity contribution in [3.8, 4) is 0 Å². The Bertz CT molecular complexity index is 855. The molecule has 0 radical (unpaired) electrons. The van der Waals surface area contributed by atoms with Crippen molar-refractivity contribution in [2.45, 2.75) is 24.1 Å². The van der Waals surface area contributed by atoms with Crippen LogP contribution in [0.2, 0.25) is 5.02 Å². The minimum atomic E-state index is -3.46. The highest BCUT2D eigenvalue weighted by Gasteiger charge is 2.32. The maximum atomic E-state index is 12.7. The van der Waals surface area contributed by atoms with Gasteiger partial charge in [0.25, 0.3) is 10.0 Å². The first-order valence-electron chi connectivity index (χ1n) is 7.84. The minimum absolute atomic E-state index is 0.0870. The molecule has 0 bridgehead atoms. The van der Waals surface area contributed by atoms with Crippen LogP contribution in [0, 0.1) is 6.92 Å². The molecule has 2 aromatic heterocycles. The van der Waals surface area contributed by atoms with Gasteiger partial charge >= 0.3 is 0 Å². The van der Waals surface area contributed by atoms with Gasteiger partial charge in [0.1, 0.15) is 10.3 Å². The SMILES string of the molecule is Cc1c(Cl)cnn1C(C)C(=O)N1CCN(S(=O)(=O)c2cccs2)CC1. The normalized spacial score (nSPS) is 17.6. The van der Waals surface area contributed by atoms with Crippen LogP contribution in [0.3, 0.4) is 0 Å². The van der Waals surface area contributed by atoms with Crippen LogP contribution in [0.15, 0.2) is 27.9 Å². The summed E-state index contributed by atoms with van der Waals surface area (Å²) in [6.45, 7) is 4.89. The van der Waals surface area contributed by atoms with Crippen LogP contribution >= 0.6 is 22.9 Å². The number of rotatable bonds is 4. The highest BCUT2D eigenvalue weighted by molar-refractivity contribution is 7.91. The maximum absolute atomic E-state index is 12.7. The second-order valence-corrected chi connectivity index (χ2v) is 9.38. The molecular formula is C15H19ClN4O3S2. The molecule has 136 valence electrons. The molecule has 25 heavy (non-hydrogen) atoms. The fraction of sp³-hybridized carbons (Fsp3) is 0.467. The summed E-state index contributed by atoms with van der Waals surface area (Å²) in [6.07, 6.45) is 1.52. The van der Waals surface area contributed by atoms with Gasteiger partial charge in [0, 0.05) is 26.2 Å². The zero-order valence-corrected chi connectivity index (χ0v) is 16.3. The summed E-state index contributed by atoms with van der Waals surface area (Å²) in [4.78, 5) is 14.4. The van der Waals surface area contributed by atoms with Crippen molar-refractivity contribution in [1.82, 2.24) is 19.0 Å². The first-order chi connectivity index (χ1) is 11.8. The van der Waals surface area contributed by atoms with Crippen LogP contribution in [-0.4, -0.2) is 59.5 Å². The quantitative estimate of drug-likeness (QED) is 0.783. The molecule has 1 aliphatic heterocycles. The Labute approximate surface area is 155 Å². The molecule has 3 rings (SSSR count). The summed E-state index contributed by atoms with van der Waals surface area (Å²) in [5.74, 6) is -0.0870. The van der Waals surface area contributed by atoms with Gasteiger partial charge in [-0.2, -0.15) is 9.40 Å². The third kappa shape index (κ3) is 3.46. The molecule has 0 spiro atoms. The highest BCUT2D eigenvalue weighted by Crippen LogP contribution is 2.23. The lowest BCUT2D eigenvalue weighted by atomic mass is 10.2. The van der Waals surface area contributed by atoms with Gasteiger partial charge in [-0.15, -0.1) is 11.3 Å². The van der Waals surface area contributed by atoms with Crippen molar-refractivity contribution in [3.05, 3.63) is 34.4 Å². The largest absolute Gasteiger partial charge is 0.338 e. The van der Waals surface area contributed by atoms with Gasteiger partial charge in [-0.25, -0.2) is 8.42 Å². The van der Waals surface area contributed by atoms with Gasteiger partial charge < -0.3 is 4.90 Å². The third-order valence-electron chi connectivity index (χ3n) is 4.35. The van der Waals surface area contributed by atoms with E-state index < -0.39 is 16.1 Å². The summed E-state index contributed by atoms with van der Waals surface area (Å²) in [7, 11) is -3.46. The van der Waals surface area contributed by atoms with Crippen LogP contribution in [0.5, 0.6) is 0 Å². The van der Waals surface area contributed by atoms with E-state index in [0.717, 1.165) is 5.69 Å². The van der Waals surface area contributed by atoms with E-state index in [1.165, 1.54) is 21.8 Å². The predicted octanol–water partition coefficient (Wildman–Crippen LogP) is 2.00. The van der Waals surface area contributed by atoms with Gasteiger partial charge in [0.15, 0.2) is 0 Å². The Hall–Kier alpha value is -1.42. The van der Waals surface area contributed by atoms with Crippen LogP contribution in [-0.2, 0) is 14.8 Å². The number of carbonyl (C=O) groups excluding carboxylic acids is 1. The number of hydrogen-bond donors (Lipinski definition) is 0. The zero-order chi connectivity index (χ0) is 18.2. The lowest BCUT2D eigenvalue weighted by Crippen LogP contribution is -2.51. The summed E-state index contributed by atoms with van der Waals surface area (Å²) < 4.78 is 28.4. The average Bonchev–Trinajstić information content (AvgIpc) is 3.25. The number of carbonyl (C=O) groups is 1. The lowest BCUT2D eigenvalue weighted by Gasteiger charge is -2.35. The van der Waals surface area contributed by atoms with E-state index in [4.69, 9.17) is 11.6 Å². The molecular weight excluding hydrogens is 384 g/mol. The number of hydrogen-bond acceptors (Lipinski definition) is 5. The molecule has 1 amide bonds. The first-order valence-corrected chi connectivity index (χ1v) is 10.5. The predicted molar refractivity (Wildman–Crippen MR) is 96.3 cm³/mol. The van der Waals surface area contributed by atoms with Crippen molar-refractivity contribution in [1.29, 1.82) is 0 Å². The molecule has 0 aromatic carbocycles. The number of thiophene rings is 1. The standard InChI is InChI=1S/C15H19ClN4O3S2/c1-11-13(16)10-17-20(11)12(2)15(21)18-5-7-19(8-6-18)25(22,23)14-4-3-9-24-14/h3-4,9-10,12H,5-8H2,1-2H3. The van der Waals surface area contributed by atoms with Crippen molar-refractivity contribution < 1.29 is 13.2 Å². The van der Waals surface area contributed by atoms with Crippen molar-refractivity contribution in [2.24, 2.45) is 0 Å². The molecule has 10 heteroatoms. The maximum Gasteiger partial charge on any atom is 0.252 e. The third-order valence-corrected chi connectivity index (χ3v) is 7.99. The highest BCUT2D eigenvalue weighted by atomic mass is 35.5. The second kappa shape index (κ2) is 7.06. The van der Waals surface area contributed by atoms with Crippen molar-refractivity contribution >= 4 is 38.9 Å². The van der Waals surface area contributed by atoms with E-state index in [1.54, 1.807) is 34.0 Å². The molecule has 1 fully saturated rings. The monoisotopic (exact) mass is 402 g/mol. The van der Waals surface area contributed by atoms with Gasteiger partial charge in [0.05, 0.1) is 16.9 Å². The molecule has 2 aromatic rings. The van der Waals surface area contributed by atoms with Crippen LogP contribution < -0.4 is 0 Å². The lowest BCUT2D eigenvalue weighted by molar-refractivity contribution is -0.135. The Morgan fingerprint density at radius 3 is 2.52 bits per heavy atom. The number of halogens is 1. The molecule has 1 atom stereocenters. The van der Waals surface area contributed by atoms with E-state index in [2.05, 4.69) is 5.10 Å². The molecule has 3 heterocycles. The summed E-state index contributed by atoms with van der Waals surface area (Å²) >= 11 is 7.20. The average molecular weight is 403 g/mol. The van der Waals surface area contributed by atoms with Gasteiger partial charge in [-0.1, -0.05) is 17.7 Å². The zero-order valence-electron chi connectivity index (χ0n) is 13.9. The molecule has 0 aliphatic carbocycles. The molecule has 7 nitrogen and oxygen atoms in total. The van der Waals surface area contributed by atoms with Crippen LogP contribution in [0.4, 0.5) is 0 Å². The number of amides is 1. The van der Waals surface area contributed by atoms with Gasteiger partial charge in [-0.05, 0) is 25.3 Å². The molecule has 1 saturated heterocycles. The smallest absolute Gasteiger partial charge is 0.252 e. The first kappa shape index (κ1) is 18.4. The van der Waals surface area contributed by atoms with Crippen LogP contribution in [0.25, 0.3) is 0 Å². The molecule has 0 N–H and O–H groups in total. The van der Waals surface area contributed by atoms with E-state index in [9.17, 15) is 13.2 Å². The van der Waals surface area contributed by atoms with Crippen molar-refractivity contribution in [2.75, 3.05) is 26.2 Å². The molecule has 1 unspecified atom stereocenters. The summed E-state index contributed by atoms with van der Waals surface area (Å²) in [6, 6.07) is 2.84. The Kier molecular flexibility index (Phi) is 5.19. The van der Waals surface area contributed by atoms with Gasteiger partial charge in [-0.3, -0.25) is 9.48 Å². The number of aromatic nitrogens is 2. The second-order valence-electron chi connectivity index (χ2n) is 5.86. The van der Waals surface area contributed by atoms with E-state index in [0.29, 0.717) is 22.3 Å². The molecule has 1 aliphatic rings. The minimum Gasteiger partial charge on any atom is -0.338 e. The van der Waals surface area contributed by atoms with Crippen molar-refractivity contribution in [3.63, 3.8) is 0 Å². The topological polar surface area (TPSA) is 75.5 Å². The van der Waals surface area contributed by atoms with E-state index in [1.807, 2.05) is 6.92 Å².